The molecule has 228 valence electrons. The van der Waals surface area contributed by atoms with Gasteiger partial charge in [-0.15, -0.1) is 0 Å². The molecule has 0 radical (unpaired) electrons. The zero-order valence-electron chi connectivity index (χ0n) is 36.9. The van der Waals surface area contributed by atoms with E-state index < -0.39 is 60.4 Å². The molecule has 10 aromatic rings. The number of furan rings is 1. The van der Waals surface area contributed by atoms with Crippen molar-refractivity contribution in [3.05, 3.63) is 182 Å². The Kier molecular flexibility index (Phi) is 4.25. The van der Waals surface area contributed by atoms with Gasteiger partial charge in [0.1, 0.15) is 11.2 Å². The molecule has 10 rings (SSSR count). The van der Waals surface area contributed by atoms with E-state index in [1.54, 1.807) is 0 Å². The largest absolute Gasteiger partial charge is 0.455 e. The molecule has 49 heavy (non-hydrogen) atoms. The van der Waals surface area contributed by atoms with Crippen LogP contribution in [0, 0.1) is 0 Å². The topological polar surface area (TPSA) is 13.1 Å². The Labute approximate surface area is 299 Å². The van der Waals surface area contributed by atoms with Crippen LogP contribution in [0.25, 0.3) is 98.8 Å². The van der Waals surface area contributed by atoms with Gasteiger partial charge >= 0.3 is 0 Å². The normalized spacial score (nSPS) is 14.8. The fourth-order valence-electron chi connectivity index (χ4n) is 7.20. The Balaban J connectivity index is 1.33. The average Bonchev–Trinajstić information content (AvgIpc) is 3.67. The fraction of sp³-hybridized carbons (Fsp3) is 0. The van der Waals surface area contributed by atoms with Crippen LogP contribution in [0.3, 0.4) is 0 Å². The summed E-state index contributed by atoms with van der Waals surface area (Å²) in [7, 11) is 0. The van der Waals surface area contributed by atoms with E-state index >= 15 is 0 Å². The number of hydrogen-bond acceptors (Lipinski definition) is 1. The molecule has 1 heteroatoms. The molecule has 1 nitrogen and oxygen atoms in total. The zero-order valence-corrected chi connectivity index (χ0v) is 25.9. The van der Waals surface area contributed by atoms with Gasteiger partial charge < -0.3 is 4.42 Å². The molecule has 0 saturated heterocycles. The third-order valence-corrected chi connectivity index (χ3v) is 9.30. The Hall–Kier alpha value is -6.44. The van der Waals surface area contributed by atoms with E-state index in [2.05, 4.69) is 48.5 Å². The number of rotatable bonds is 4. The molecule has 0 bridgehead atoms. The van der Waals surface area contributed by atoms with E-state index in [0.29, 0.717) is 16.3 Å². The summed E-state index contributed by atoms with van der Waals surface area (Å²) in [5.41, 5.74) is 3.71. The van der Waals surface area contributed by atoms with Gasteiger partial charge in [0.15, 0.2) is 0 Å². The standard InChI is InChI=1S/C48H30O/c1-2-14-32(15-3-1)37-26-12-27-42-43-28-13-29-44(48(43)49-47(37)42)46-40-23-8-6-21-38(40)45(39-22-7-9-24-41(39)46)34-19-10-18-33(30-34)36-25-11-17-31-16-4-5-20-35(31)36/h1-30H/i1D,2D,3D,12D,13D,14D,15D,26D,27D,28D,29D. The lowest BCUT2D eigenvalue weighted by atomic mass is 9.85. The first-order valence-electron chi connectivity index (χ1n) is 21.5. The Morgan fingerprint density at radius 1 is 0.347 bits per heavy atom. The van der Waals surface area contributed by atoms with E-state index in [4.69, 9.17) is 18.1 Å². The van der Waals surface area contributed by atoms with E-state index in [1.165, 1.54) is 0 Å². The van der Waals surface area contributed by atoms with Crippen molar-refractivity contribution in [1.29, 1.82) is 0 Å². The predicted octanol–water partition coefficient (Wildman–Crippen LogP) is 13.7. The molecule has 0 fully saturated rings. The molecule has 0 spiro atoms. The quantitative estimate of drug-likeness (QED) is 0.176. The van der Waals surface area contributed by atoms with E-state index in [-0.39, 0.29) is 44.7 Å². The van der Waals surface area contributed by atoms with Crippen LogP contribution in [-0.4, -0.2) is 0 Å². The Morgan fingerprint density at radius 2 is 0.898 bits per heavy atom. The second-order valence-corrected chi connectivity index (χ2v) is 12.0. The minimum Gasteiger partial charge on any atom is -0.455 e. The summed E-state index contributed by atoms with van der Waals surface area (Å²) in [4.78, 5) is 0. The minimum absolute atomic E-state index is 0.0480. The highest BCUT2D eigenvalue weighted by atomic mass is 16.3. The van der Waals surface area contributed by atoms with Gasteiger partial charge in [0.2, 0.25) is 0 Å². The number of hydrogen-bond donors (Lipinski definition) is 0. The first-order chi connectivity index (χ1) is 28.9. The SMILES string of the molecule is [2H]c1c([2H])c([2H])c(-c2c([2H])c([2H])c([2H])c3c2oc2c(-c4c5ccccc5c(-c5cccc(-c6cccc7ccccc67)c5)c5ccccc45)c([2H])c([2H])c([2H])c23)c([2H])c1[2H]. The van der Waals surface area contributed by atoms with Gasteiger partial charge in [-0.1, -0.05) is 176 Å². The minimum atomic E-state index is -0.652. The van der Waals surface area contributed by atoms with Crippen molar-refractivity contribution < 1.29 is 19.5 Å². The van der Waals surface area contributed by atoms with Crippen molar-refractivity contribution in [2.45, 2.75) is 0 Å². The van der Waals surface area contributed by atoms with Crippen LogP contribution in [0.4, 0.5) is 0 Å². The summed E-state index contributed by atoms with van der Waals surface area (Å²) in [5.74, 6) is 0. The first-order valence-corrected chi connectivity index (χ1v) is 16.0. The van der Waals surface area contributed by atoms with Crippen molar-refractivity contribution in [3.8, 4) is 44.5 Å². The van der Waals surface area contributed by atoms with Crippen LogP contribution in [0.1, 0.15) is 15.1 Å². The maximum atomic E-state index is 9.47. The van der Waals surface area contributed by atoms with Gasteiger partial charge in [0.05, 0.1) is 15.1 Å². The van der Waals surface area contributed by atoms with E-state index in [9.17, 15) is 1.37 Å². The predicted molar refractivity (Wildman–Crippen MR) is 208 cm³/mol. The smallest absolute Gasteiger partial charge is 0.143 e. The zero-order chi connectivity index (χ0) is 41.9. The van der Waals surface area contributed by atoms with E-state index in [1.807, 2.05) is 66.7 Å². The Morgan fingerprint density at radius 3 is 1.61 bits per heavy atom. The van der Waals surface area contributed by atoms with Gasteiger partial charge in [-0.05, 0) is 66.2 Å². The van der Waals surface area contributed by atoms with Gasteiger partial charge in [0, 0.05) is 27.5 Å². The highest BCUT2D eigenvalue weighted by molar-refractivity contribution is 6.24. The van der Waals surface area contributed by atoms with Gasteiger partial charge in [-0.2, -0.15) is 0 Å². The molecule has 0 aliphatic heterocycles. The number of benzene rings is 9. The van der Waals surface area contributed by atoms with Crippen molar-refractivity contribution in [2.24, 2.45) is 0 Å². The lowest BCUT2D eigenvalue weighted by Crippen LogP contribution is -1.91. The molecule has 0 atom stereocenters. The lowest BCUT2D eigenvalue weighted by molar-refractivity contribution is 0.671. The van der Waals surface area contributed by atoms with Crippen LogP contribution in [-0.2, 0) is 0 Å². The monoisotopic (exact) mass is 633 g/mol. The highest BCUT2D eigenvalue weighted by Crippen LogP contribution is 2.47. The van der Waals surface area contributed by atoms with E-state index in [0.717, 1.165) is 43.8 Å². The number of para-hydroxylation sites is 2. The summed E-state index contributed by atoms with van der Waals surface area (Å²) in [6.45, 7) is 0. The summed E-state index contributed by atoms with van der Waals surface area (Å²) >= 11 is 0. The van der Waals surface area contributed by atoms with Crippen molar-refractivity contribution in [3.63, 3.8) is 0 Å². The maximum absolute atomic E-state index is 9.47. The molecule has 9 aromatic carbocycles. The first kappa shape index (κ1) is 18.8. The lowest BCUT2D eigenvalue weighted by Gasteiger charge is -2.18. The highest BCUT2D eigenvalue weighted by Gasteiger charge is 2.21. The Bertz CT molecular complexity index is 3430. The van der Waals surface area contributed by atoms with Crippen LogP contribution in [0.2, 0.25) is 0 Å². The van der Waals surface area contributed by atoms with Crippen LogP contribution >= 0.6 is 0 Å². The number of fused-ring (bicyclic) bond motifs is 6. The van der Waals surface area contributed by atoms with Gasteiger partial charge in [-0.3, -0.25) is 0 Å². The summed E-state index contributed by atoms with van der Waals surface area (Å²) in [5, 5.41) is 5.21. The van der Waals surface area contributed by atoms with Crippen molar-refractivity contribution in [1.82, 2.24) is 0 Å². The molecule has 0 unspecified atom stereocenters. The average molecular weight is 634 g/mol. The molecule has 0 N–H and O–H groups in total. The third-order valence-electron chi connectivity index (χ3n) is 9.30. The third kappa shape index (κ3) is 4.33. The molecule has 0 aliphatic rings. The molecule has 1 aromatic heterocycles. The van der Waals surface area contributed by atoms with Crippen molar-refractivity contribution in [2.75, 3.05) is 0 Å². The van der Waals surface area contributed by atoms with Gasteiger partial charge in [-0.25, -0.2) is 0 Å². The second-order valence-electron chi connectivity index (χ2n) is 12.0. The van der Waals surface area contributed by atoms with Crippen LogP contribution < -0.4 is 0 Å². The molecule has 0 amide bonds. The molecular weight excluding hydrogens is 593 g/mol. The van der Waals surface area contributed by atoms with Crippen molar-refractivity contribution >= 4 is 54.3 Å². The summed E-state index contributed by atoms with van der Waals surface area (Å²) in [6, 6.07) is 32.3. The molecule has 0 aliphatic carbocycles. The molecular formula is C48H30O. The van der Waals surface area contributed by atoms with Crippen LogP contribution in [0.15, 0.2) is 186 Å². The molecule has 0 saturated carbocycles. The van der Waals surface area contributed by atoms with Crippen LogP contribution in [0.5, 0.6) is 0 Å². The summed E-state index contributed by atoms with van der Waals surface area (Å²) < 4.78 is 104. The molecule has 1 heterocycles. The second kappa shape index (κ2) is 11.1. The maximum Gasteiger partial charge on any atom is 0.143 e. The summed E-state index contributed by atoms with van der Waals surface area (Å²) in [6.07, 6.45) is 0. The van der Waals surface area contributed by atoms with Gasteiger partial charge in [0.25, 0.3) is 0 Å². The fourth-order valence-corrected chi connectivity index (χ4v) is 7.20.